The van der Waals surface area contributed by atoms with Crippen molar-refractivity contribution in [3.05, 3.63) is 63.9 Å². The molecular weight excluding hydrogens is 402 g/mol. The van der Waals surface area contributed by atoms with Crippen LogP contribution in [0.15, 0.2) is 30.5 Å². The van der Waals surface area contributed by atoms with Gasteiger partial charge in [0, 0.05) is 30.6 Å². The van der Waals surface area contributed by atoms with E-state index >= 15 is 4.39 Å². The van der Waals surface area contributed by atoms with Crippen LogP contribution < -0.4 is 16.0 Å². The molecule has 154 valence electrons. The van der Waals surface area contributed by atoms with Crippen LogP contribution in [0.25, 0.3) is 0 Å². The number of carbonyl (C=O) groups is 2. The van der Waals surface area contributed by atoms with E-state index in [1.807, 2.05) is 0 Å². The monoisotopic (exact) mass is 422 g/mol. The molecule has 1 aliphatic heterocycles. The Hall–Kier alpha value is -2.58. The molecule has 1 aromatic heterocycles. The molecular formula is C20H21ClF2N4O2. The lowest BCUT2D eigenvalue weighted by molar-refractivity contribution is -0.125. The smallest absolute Gasteiger partial charge is 0.223 e. The Morgan fingerprint density at radius 3 is 2.72 bits per heavy atom. The first-order valence-electron chi connectivity index (χ1n) is 9.17. The molecule has 2 amide bonds. The predicted molar refractivity (Wildman–Crippen MR) is 104 cm³/mol. The molecule has 0 radical (unpaired) electrons. The van der Waals surface area contributed by atoms with E-state index in [4.69, 9.17) is 11.6 Å². The van der Waals surface area contributed by atoms with Gasteiger partial charge in [0.1, 0.15) is 17.8 Å². The summed E-state index contributed by atoms with van der Waals surface area (Å²) in [6, 6.07) is 5.14. The topological polar surface area (TPSA) is 83.1 Å². The third-order valence-electron chi connectivity index (χ3n) is 4.64. The van der Waals surface area contributed by atoms with Crippen molar-refractivity contribution in [2.75, 3.05) is 0 Å². The highest BCUT2D eigenvalue weighted by Gasteiger charge is 2.32. The van der Waals surface area contributed by atoms with Crippen molar-refractivity contribution >= 4 is 23.4 Å². The average Bonchev–Trinajstić information content (AvgIpc) is 2.67. The standard InChI is InChI=1S/C20H21ClF2N4O2/c1-10(2)20(29)25-8-11-3-5-13(22)17(18(11)23)19-26-15(7-16(28)27-19)14-6-4-12(21)9-24-14/h3-6,9-10,15,19,26H,7-8H2,1-2H3,(H,25,29)(H,27,28). The summed E-state index contributed by atoms with van der Waals surface area (Å²) < 4.78 is 29.6. The minimum absolute atomic E-state index is 0.0680. The summed E-state index contributed by atoms with van der Waals surface area (Å²) >= 11 is 5.84. The zero-order valence-corrected chi connectivity index (χ0v) is 16.7. The Morgan fingerprint density at radius 1 is 1.31 bits per heavy atom. The van der Waals surface area contributed by atoms with Crippen molar-refractivity contribution in [3.63, 3.8) is 0 Å². The van der Waals surface area contributed by atoms with Crippen molar-refractivity contribution in [3.8, 4) is 0 Å². The minimum atomic E-state index is -1.08. The van der Waals surface area contributed by atoms with Gasteiger partial charge >= 0.3 is 0 Å². The van der Waals surface area contributed by atoms with Gasteiger partial charge in [0.25, 0.3) is 0 Å². The van der Waals surface area contributed by atoms with Gasteiger partial charge in [0.15, 0.2) is 0 Å². The van der Waals surface area contributed by atoms with Gasteiger partial charge in [-0.25, -0.2) is 8.78 Å². The van der Waals surface area contributed by atoms with Crippen molar-refractivity contribution in [2.24, 2.45) is 5.92 Å². The average molecular weight is 423 g/mol. The quantitative estimate of drug-likeness (QED) is 0.691. The lowest BCUT2D eigenvalue weighted by Gasteiger charge is -2.32. The minimum Gasteiger partial charge on any atom is -0.352 e. The number of aromatic nitrogens is 1. The van der Waals surface area contributed by atoms with Crippen LogP contribution in [0.2, 0.25) is 5.02 Å². The van der Waals surface area contributed by atoms with E-state index in [2.05, 4.69) is 20.9 Å². The lowest BCUT2D eigenvalue weighted by atomic mass is 10.0. The zero-order chi connectivity index (χ0) is 21.1. The van der Waals surface area contributed by atoms with Crippen LogP contribution in [-0.4, -0.2) is 16.8 Å². The summed E-state index contributed by atoms with van der Waals surface area (Å²) in [4.78, 5) is 28.1. The van der Waals surface area contributed by atoms with Crippen LogP contribution in [0.3, 0.4) is 0 Å². The largest absolute Gasteiger partial charge is 0.352 e. The third kappa shape index (κ3) is 4.89. The highest BCUT2D eigenvalue weighted by Crippen LogP contribution is 2.29. The number of pyridine rings is 1. The van der Waals surface area contributed by atoms with E-state index in [0.29, 0.717) is 10.7 Å². The molecule has 1 aromatic carbocycles. The number of nitrogens with one attached hydrogen (secondary N) is 3. The Morgan fingerprint density at radius 2 is 2.07 bits per heavy atom. The molecule has 3 N–H and O–H groups in total. The van der Waals surface area contributed by atoms with Gasteiger partial charge < -0.3 is 10.6 Å². The maximum absolute atomic E-state index is 15.1. The molecule has 29 heavy (non-hydrogen) atoms. The first-order valence-corrected chi connectivity index (χ1v) is 9.55. The Bertz CT molecular complexity index is 921. The number of carbonyl (C=O) groups excluding carboxylic acids is 2. The second-order valence-corrected chi connectivity index (χ2v) is 7.57. The molecule has 3 rings (SSSR count). The molecule has 1 saturated heterocycles. The number of nitrogens with zero attached hydrogens (tertiary/aromatic N) is 1. The molecule has 1 aliphatic rings. The van der Waals surface area contributed by atoms with Gasteiger partial charge in [-0.05, 0) is 18.2 Å². The summed E-state index contributed by atoms with van der Waals surface area (Å²) in [6.45, 7) is 3.35. The third-order valence-corrected chi connectivity index (χ3v) is 4.87. The number of rotatable bonds is 5. The van der Waals surface area contributed by atoms with E-state index in [1.165, 1.54) is 12.3 Å². The van der Waals surface area contributed by atoms with E-state index in [-0.39, 0.29) is 41.8 Å². The normalized spacial score (nSPS) is 19.2. The SMILES string of the molecule is CC(C)C(=O)NCc1ccc(F)c(C2NC(=O)CC(c3ccc(Cl)cn3)N2)c1F. The van der Waals surface area contributed by atoms with Gasteiger partial charge in [-0.3, -0.25) is 19.9 Å². The Labute approximate surface area is 172 Å². The van der Waals surface area contributed by atoms with Gasteiger partial charge in [-0.1, -0.05) is 31.5 Å². The number of halogens is 3. The summed E-state index contributed by atoms with van der Waals surface area (Å²) in [6.07, 6.45) is 0.428. The summed E-state index contributed by atoms with van der Waals surface area (Å²) in [5, 5.41) is 8.64. The van der Waals surface area contributed by atoms with E-state index in [9.17, 15) is 14.0 Å². The van der Waals surface area contributed by atoms with Crippen molar-refractivity contribution in [1.82, 2.24) is 20.9 Å². The highest BCUT2D eigenvalue weighted by molar-refractivity contribution is 6.30. The fourth-order valence-corrected chi connectivity index (χ4v) is 3.16. The molecule has 0 saturated carbocycles. The zero-order valence-electron chi connectivity index (χ0n) is 15.9. The molecule has 2 aromatic rings. The van der Waals surface area contributed by atoms with E-state index in [1.54, 1.807) is 26.0 Å². The maximum atomic E-state index is 15.1. The van der Waals surface area contributed by atoms with Crippen LogP contribution in [0, 0.1) is 17.6 Å². The molecule has 0 spiro atoms. The number of amides is 2. The van der Waals surface area contributed by atoms with Gasteiger partial charge in [-0.15, -0.1) is 0 Å². The van der Waals surface area contributed by atoms with Crippen LogP contribution >= 0.6 is 11.6 Å². The van der Waals surface area contributed by atoms with Crippen LogP contribution in [0.4, 0.5) is 8.78 Å². The van der Waals surface area contributed by atoms with Crippen LogP contribution in [0.1, 0.15) is 49.3 Å². The van der Waals surface area contributed by atoms with Crippen LogP contribution in [-0.2, 0) is 16.1 Å². The summed E-state index contributed by atoms with van der Waals surface area (Å²) in [5.74, 6) is -2.49. The fourth-order valence-electron chi connectivity index (χ4n) is 3.05. The molecule has 2 heterocycles. The van der Waals surface area contributed by atoms with Gasteiger partial charge in [0.05, 0.1) is 22.3 Å². The second-order valence-electron chi connectivity index (χ2n) is 7.13. The van der Waals surface area contributed by atoms with E-state index in [0.717, 1.165) is 6.07 Å². The molecule has 6 nitrogen and oxygen atoms in total. The summed E-state index contributed by atoms with van der Waals surface area (Å²) in [5.41, 5.74) is 0.349. The summed E-state index contributed by atoms with van der Waals surface area (Å²) in [7, 11) is 0. The highest BCUT2D eigenvalue weighted by atomic mass is 35.5. The molecule has 9 heteroatoms. The number of hydrogen-bond donors (Lipinski definition) is 3. The van der Waals surface area contributed by atoms with Gasteiger partial charge in [-0.2, -0.15) is 0 Å². The van der Waals surface area contributed by atoms with Crippen LogP contribution in [0.5, 0.6) is 0 Å². The predicted octanol–water partition coefficient (Wildman–Crippen LogP) is 3.13. The molecule has 1 fully saturated rings. The van der Waals surface area contributed by atoms with E-state index < -0.39 is 23.8 Å². The Balaban J connectivity index is 1.86. The molecule has 2 unspecified atom stereocenters. The molecule has 0 bridgehead atoms. The second kappa shape index (κ2) is 8.84. The molecule has 2 atom stereocenters. The number of benzene rings is 1. The first-order chi connectivity index (χ1) is 13.8. The lowest BCUT2D eigenvalue weighted by Crippen LogP contribution is -2.47. The van der Waals surface area contributed by atoms with Crippen molar-refractivity contribution < 1.29 is 18.4 Å². The first kappa shape index (κ1) is 21.1. The molecule has 0 aliphatic carbocycles. The van der Waals surface area contributed by atoms with Gasteiger partial charge in [0.2, 0.25) is 11.8 Å². The number of hydrogen-bond acceptors (Lipinski definition) is 4. The van der Waals surface area contributed by atoms with Crippen molar-refractivity contribution in [1.29, 1.82) is 0 Å². The fraction of sp³-hybridized carbons (Fsp3) is 0.350. The van der Waals surface area contributed by atoms with Crippen molar-refractivity contribution in [2.45, 2.75) is 39.0 Å². The Kier molecular flexibility index (Phi) is 6.44. The maximum Gasteiger partial charge on any atom is 0.223 e.